The summed E-state index contributed by atoms with van der Waals surface area (Å²) < 4.78 is 6.40. The fourth-order valence-corrected chi connectivity index (χ4v) is 2.20. The van der Waals surface area contributed by atoms with Gasteiger partial charge in [-0.1, -0.05) is 6.07 Å². The molecule has 0 saturated heterocycles. The van der Waals surface area contributed by atoms with Crippen molar-refractivity contribution in [1.82, 2.24) is 19.6 Å². The molecule has 3 aromatic rings. The number of benzene rings is 1. The molecule has 8 nitrogen and oxygen atoms in total. The summed E-state index contributed by atoms with van der Waals surface area (Å²) in [5.41, 5.74) is 3.62. The summed E-state index contributed by atoms with van der Waals surface area (Å²) in [7, 11) is 0. The van der Waals surface area contributed by atoms with Gasteiger partial charge < -0.3 is 10.1 Å². The van der Waals surface area contributed by atoms with Gasteiger partial charge in [-0.15, -0.1) is 5.10 Å². The molecule has 2 aromatic heterocycles. The van der Waals surface area contributed by atoms with E-state index < -0.39 is 18.5 Å². The van der Waals surface area contributed by atoms with Crippen molar-refractivity contribution in [2.24, 2.45) is 0 Å². The van der Waals surface area contributed by atoms with Gasteiger partial charge in [0, 0.05) is 17.6 Å². The molecule has 0 atom stereocenters. The zero-order chi connectivity index (χ0) is 18.0. The number of esters is 1. The summed E-state index contributed by atoms with van der Waals surface area (Å²) in [6, 6.07) is 7.30. The van der Waals surface area contributed by atoms with Gasteiger partial charge in [-0.25, -0.2) is 14.3 Å². The van der Waals surface area contributed by atoms with E-state index in [-0.39, 0.29) is 5.82 Å². The number of amides is 1. The van der Waals surface area contributed by atoms with E-state index in [9.17, 15) is 9.59 Å². The molecule has 3 rings (SSSR count). The topological polar surface area (TPSA) is 98.5 Å². The fraction of sp³-hybridized carbons (Fsp3) is 0.235. The van der Waals surface area contributed by atoms with Crippen LogP contribution >= 0.6 is 0 Å². The van der Waals surface area contributed by atoms with Crippen LogP contribution in [-0.4, -0.2) is 38.1 Å². The van der Waals surface area contributed by atoms with Crippen molar-refractivity contribution < 1.29 is 14.3 Å². The minimum atomic E-state index is -0.778. The molecule has 128 valence electrons. The lowest BCUT2D eigenvalue weighted by atomic mass is 10.1. The molecule has 0 fully saturated rings. The second kappa shape index (κ2) is 6.68. The maximum absolute atomic E-state index is 12.0. The van der Waals surface area contributed by atoms with Crippen molar-refractivity contribution in [3.63, 3.8) is 0 Å². The molecular formula is C17H17N5O3. The van der Waals surface area contributed by atoms with Crippen molar-refractivity contribution >= 4 is 23.3 Å². The average Bonchev–Trinajstić information content (AvgIpc) is 3.02. The highest BCUT2D eigenvalue weighted by Gasteiger charge is 2.17. The zero-order valence-corrected chi connectivity index (χ0v) is 14.1. The normalized spacial score (nSPS) is 10.7. The first-order valence-electron chi connectivity index (χ1n) is 7.66. The first kappa shape index (κ1) is 16.6. The predicted molar refractivity (Wildman–Crippen MR) is 90.3 cm³/mol. The number of aryl methyl sites for hydroxylation is 3. The number of aromatic nitrogens is 4. The number of nitrogens with zero attached hydrogens (tertiary/aromatic N) is 4. The van der Waals surface area contributed by atoms with Gasteiger partial charge in [0.25, 0.3) is 17.5 Å². The molecule has 1 N–H and O–H groups in total. The number of anilines is 1. The number of hydrogen-bond acceptors (Lipinski definition) is 6. The van der Waals surface area contributed by atoms with Crippen LogP contribution in [0.3, 0.4) is 0 Å². The summed E-state index contributed by atoms with van der Waals surface area (Å²) in [6.45, 7) is 5.33. The Morgan fingerprint density at radius 1 is 1.16 bits per heavy atom. The monoisotopic (exact) mass is 339 g/mol. The minimum Gasteiger partial charge on any atom is -0.450 e. The van der Waals surface area contributed by atoms with E-state index >= 15 is 0 Å². The first-order chi connectivity index (χ1) is 11.9. The van der Waals surface area contributed by atoms with Crippen LogP contribution in [0, 0.1) is 20.8 Å². The molecule has 0 bridgehead atoms. The van der Waals surface area contributed by atoms with Crippen LogP contribution in [0.2, 0.25) is 0 Å². The smallest absolute Gasteiger partial charge is 0.378 e. The van der Waals surface area contributed by atoms with Crippen molar-refractivity contribution in [1.29, 1.82) is 0 Å². The molecule has 8 heteroatoms. The predicted octanol–water partition coefficient (Wildman–Crippen LogP) is 1.85. The molecule has 0 aliphatic rings. The highest BCUT2D eigenvalue weighted by Crippen LogP contribution is 2.14. The van der Waals surface area contributed by atoms with Gasteiger partial charge in [0.15, 0.2) is 6.61 Å². The van der Waals surface area contributed by atoms with Crippen LogP contribution in [0.15, 0.2) is 30.5 Å². The molecule has 25 heavy (non-hydrogen) atoms. The summed E-state index contributed by atoms with van der Waals surface area (Å²) in [5, 5.41) is 6.71. The van der Waals surface area contributed by atoms with Crippen molar-refractivity contribution in [3.05, 3.63) is 53.1 Å². The van der Waals surface area contributed by atoms with Crippen LogP contribution in [0.4, 0.5) is 5.69 Å². The lowest BCUT2D eigenvalue weighted by Gasteiger charge is -2.07. The number of nitrogens with one attached hydrogen (secondary N) is 1. The van der Waals surface area contributed by atoms with E-state index in [0.717, 1.165) is 16.8 Å². The van der Waals surface area contributed by atoms with Gasteiger partial charge >= 0.3 is 5.97 Å². The molecule has 1 amide bonds. The highest BCUT2D eigenvalue weighted by molar-refractivity contribution is 5.94. The highest BCUT2D eigenvalue weighted by atomic mass is 16.5. The third kappa shape index (κ3) is 3.63. The van der Waals surface area contributed by atoms with E-state index in [1.165, 1.54) is 4.52 Å². The lowest BCUT2D eigenvalue weighted by molar-refractivity contribution is -0.119. The van der Waals surface area contributed by atoms with Gasteiger partial charge in [0.05, 0.1) is 0 Å². The quantitative estimate of drug-likeness (QED) is 0.728. The molecule has 0 aliphatic heterocycles. The fourth-order valence-electron chi connectivity index (χ4n) is 2.20. The molecule has 2 heterocycles. The number of ether oxygens (including phenoxy) is 1. The Balaban J connectivity index is 1.61. The van der Waals surface area contributed by atoms with Gasteiger partial charge in [-0.05, 0) is 50.1 Å². The molecule has 0 radical (unpaired) electrons. The molecule has 0 spiro atoms. The van der Waals surface area contributed by atoms with Crippen molar-refractivity contribution in [2.75, 3.05) is 11.9 Å². The van der Waals surface area contributed by atoms with E-state index in [4.69, 9.17) is 4.74 Å². The number of rotatable bonds is 4. The second-order valence-electron chi connectivity index (χ2n) is 5.66. The Morgan fingerprint density at radius 2 is 1.96 bits per heavy atom. The molecule has 0 unspecified atom stereocenters. The maximum atomic E-state index is 12.0. The number of carbonyl (C=O) groups excluding carboxylic acids is 2. The number of hydrogen-bond donors (Lipinski definition) is 1. The zero-order valence-electron chi connectivity index (χ0n) is 14.1. The Bertz CT molecular complexity index is 964. The summed E-state index contributed by atoms with van der Waals surface area (Å²) >= 11 is 0. The molecule has 0 saturated carbocycles. The Labute approximate surface area is 143 Å². The molecule has 1 aromatic carbocycles. The Morgan fingerprint density at radius 3 is 2.68 bits per heavy atom. The van der Waals surface area contributed by atoms with Crippen molar-refractivity contribution in [2.45, 2.75) is 20.8 Å². The van der Waals surface area contributed by atoms with Gasteiger partial charge in [-0.2, -0.15) is 4.98 Å². The van der Waals surface area contributed by atoms with Crippen LogP contribution < -0.4 is 5.32 Å². The van der Waals surface area contributed by atoms with Gasteiger partial charge in [-0.3, -0.25) is 4.79 Å². The minimum absolute atomic E-state index is 0.138. The maximum Gasteiger partial charge on any atom is 0.378 e. The SMILES string of the molecule is Cc1ccc(NC(=O)COC(=O)c2nc3nccc(C)n3n2)cc1C. The van der Waals surface area contributed by atoms with Crippen molar-refractivity contribution in [3.8, 4) is 0 Å². The van der Waals surface area contributed by atoms with E-state index in [0.29, 0.717) is 11.5 Å². The Hall–Kier alpha value is -3.29. The lowest BCUT2D eigenvalue weighted by Crippen LogP contribution is -2.21. The first-order valence-corrected chi connectivity index (χ1v) is 7.66. The van der Waals surface area contributed by atoms with Crippen LogP contribution in [0.5, 0.6) is 0 Å². The molecular weight excluding hydrogens is 322 g/mol. The van der Waals surface area contributed by atoms with Crippen LogP contribution in [0.1, 0.15) is 27.4 Å². The van der Waals surface area contributed by atoms with Gasteiger partial charge in [0.2, 0.25) is 0 Å². The Kier molecular flexibility index (Phi) is 4.42. The van der Waals surface area contributed by atoms with Crippen LogP contribution in [0.25, 0.3) is 5.78 Å². The standard InChI is InChI=1S/C17H17N5O3/c1-10-4-5-13(8-11(10)2)19-14(23)9-25-16(24)15-20-17-18-7-6-12(3)22(17)21-15/h4-8H,9H2,1-3H3,(H,19,23). The summed E-state index contributed by atoms with van der Waals surface area (Å²) in [6.07, 6.45) is 1.57. The molecule has 0 aliphatic carbocycles. The number of carbonyl (C=O) groups is 2. The third-order valence-corrected chi connectivity index (χ3v) is 3.74. The summed E-state index contributed by atoms with van der Waals surface area (Å²) in [4.78, 5) is 31.9. The largest absolute Gasteiger partial charge is 0.450 e. The van der Waals surface area contributed by atoms with E-state index in [1.54, 1.807) is 18.3 Å². The summed E-state index contributed by atoms with van der Waals surface area (Å²) in [5.74, 6) is -1.05. The van der Waals surface area contributed by atoms with Gasteiger partial charge in [0.1, 0.15) is 0 Å². The second-order valence-corrected chi connectivity index (χ2v) is 5.66. The third-order valence-electron chi connectivity index (χ3n) is 3.74. The van der Waals surface area contributed by atoms with E-state index in [1.807, 2.05) is 32.9 Å². The average molecular weight is 339 g/mol. The van der Waals surface area contributed by atoms with E-state index in [2.05, 4.69) is 20.4 Å². The number of fused-ring (bicyclic) bond motifs is 1. The van der Waals surface area contributed by atoms with Crippen LogP contribution in [-0.2, 0) is 9.53 Å².